The lowest BCUT2D eigenvalue weighted by Crippen LogP contribution is -2.38. The van der Waals surface area contributed by atoms with Crippen molar-refractivity contribution in [3.8, 4) is 0 Å². The fraction of sp³-hybridized carbons (Fsp3) is 0.833. The average molecular weight is 208 g/mol. The standard InChI is InChI=1S/C6H10BrNO2/c7-8-4-2-1-3-5(8)6(9)10/h5H,1-4H2,(H,9,10)/t5-/m0/s1. The molecule has 10 heavy (non-hydrogen) atoms. The van der Waals surface area contributed by atoms with Crippen molar-refractivity contribution < 1.29 is 9.90 Å². The van der Waals surface area contributed by atoms with Crippen LogP contribution in [0.2, 0.25) is 0 Å². The van der Waals surface area contributed by atoms with Crippen molar-refractivity contribution in [1.82, 2.24) is 3.93 Å². The van der Waals surface area contributed by atoms with Crippen LogP contribution in [0.3, 0.4) is 0 Å². The van der Waals surface area contributed by atoms with Gasteiger partial charge in [-0.15, -0.1) is 0 Å². The van der Waals surface area contributed by atoms with E-state index in [2.05, 4.69) is 16.1 Å². The number of carbonyl (C=O) groups is 1. The molecule has 0 aromatic rings. The molecule has 0 amide bonds. The van der Waals surface area contributed by atoms with E-state index in [1.165, 1.54) is 0 Å². The average Bonchev–Trinajstić information content (AvgIpc) is 1.88. The van der Waals surface area contributed by atoms with E-state index in [-0.39, 0.29) is 6.04 Å². The van der Waals surface area contributed by atoms with E-state index in [0.717, 1.165) is 25.8 Å². The second kappa shape index (κ2) is 3.34. The maximum Gasteiger partial charge on any atom is 0.321 e. The van der Waals surface area contributed by atoms with Gasteiger partial charge in [0.2, 0.25) is 0 Å². The lowest BCUT2D eigenvalue weighted by Gasteiger charge is -2.26. The zero-order valence-electron chi connectivity index (χ0n) is 5.59. The molecule has 1 heterocycles. The van der Waals surface area contributed by atoms with Crippen molar-refractivity contribution in [3.63, 3.8) is 0 Å². The van der Waals surface area contributed by atoms with E-state index in [0.29, 0.717) is 0 Å². The molecule has 0 saturated carbocycles. The number of rotatable bonds is 1. The maximum atomic E-state index is 10.5. The number of carboxylic acid groups (broad SMARTS) is 1. The summed E-state index contributed by atoms with van der Waals surface area (Å²) in [7, 11) is 0. The molecule has 0 radical (unpaired) electrons. The highest BCUT2D eigenvalue weighted by Gasteiger charge is 2.26. The van der Waals surface area contributed by atoms with Crippen LogP contribution in [-0.4, -0.2) is 27.6 Å². The first-order chi connectivity index (χ1) is 4.72. The fourth-order valence-electron chi connectivity index (χ4n) is 1.14. The number of carboxylic acids is 1. The van der Waals surface area contributed by atoms with E-state index in [1.54, 1.807) is 3.93 Å². The Labute approximate surface area is 68.4 Å². The zero-order chi connectivity index (χ0) is 7.56. The predicted molar refractivity (Wildman–Crippen MR) is 40.9 cm³/mol. The van der Waals surface area contributed by atoms with Crippen LogP contribution in [0.25, 0.3) is 0 Å². The molecular formula is C6H10BrNO2. The summed E-state index contributed by atoms with van der Waals surface area (Å²) in [5.74, 6) is -0.725. The molecule has 0 aromatic carbocycles. The number of hydrogen-bond donors (Lipinski definition) is 1. The number of hydrogen-bond acceptors (Lipinski definition) is 2. The minimum absolute atomic E-state index is 0.311. The van der Waals surface area contributed by atoms with E-state index in [9.17, 15) is 4.79 Å². The summed E-state index contributed by atoms with van der Waals surface area (Å²) in [6, 6.07) is -0.311. The van der Waals surface area contributed by atoms with Crippen LogP contribution in [0, 0.1) is 0 Å². The molecule has 3 nitrogen and oxygen atoms in total. The van der Waals surface area contributed by atoms with Crippen LogP contribution in [0.4, 0.5) is 0 Å². The van der Waals surface area contributed by atoms with Gasteiger partial charge in [0.1, 0.15) is 6.04 Å². The summed E-state index contributed by atoms with van der Waals surface area (Å²) < 4.78 is 1.72. The Morgan fingerprint density at radius 2 is 2.30 bits per heavy atom. The molecule has 4 heteroatoms. The van der Waals surface area contributed by atoms with Gasteiger partial charge >= 0.3 is 5.97 Å². The topological polar surface area (TPSA) is 40.5 Å². The quantitative estimate of drug-likeness (QED) is 0.659. The number of aliphatic carboxylic acids is 1. The molecule has 1 atom stereocenters. The van der Waals surface area contributed by atoms with Crippen LogP contribution < -0.4 is 0 Å². The van der Waals surface area contributed by atoms with Gasteiger partial charge in [0.15, 0.2) is 0 Å². The molecule has 0 aliphatic carbocycles. The first-order valence-corrected chi connectivity index (χ1v) is 4.08. The first-order valence-electron chi connectivity index (χ1n) is 3.37. The maximum absolute atomic E-state index is 10.5. The summed E-state index contributed by atoms with van der Waals surface area (Å²) >= 11 is 3.21. The second-order valence-corrected chi connectivity index (χ2v) is 3.38. The molecule has 0 bridgehead atoms. The van der Waals surface area contributed by atoms with Crippen LogP contribution in [0.5, 0.6) is 0 Å². The highest BCUT2D eigenvalue weighted by molar-refractivity contribution is 9.07. The van der Waals surface area contributed by atoms with Crippen molar-refractivity contribution in [2.75, 3.05) is 6.54 Å². The SMILES string of the molecule is O=C(O)[C@@H]1CCCCN1Br. The highest BCUT2D eigenvalue weighted by atomic mass is 79.9. The molecule has 1 fully saturated rings. The smallest absolute Gasteiger partial charge is 0.321 e. The van der Waals surface area contributed by atoms with Gasteiger partial charge in [-0.05, 0) is 19.3 Å². The molecule has 0 aromatic heterocycles. The molecule has 1 aliphatic heterocycles. The Kier molecular flexibility index (Phi) is 2.68. The van der Waals surface area contributed by atoms with Gasteiger partial charge in [0.05, 0.1) is 0 Å². The van der Waals surface area contributed by atoms with Crippen molar-refractivity contribution in [1.29, 1.82) is 0 Å². The van der Waals surface area contributed by atoms with Crippen LogP contribution >= 0.6 is 16.1 Å². The van der Waals surface area contributed by atoms with Gasteiger partial charge < -0.3 is 5.11 Å². The lowest BCUT2D eigenvalue weighted by molar-refractivity contribution is -0.141. The van der Waals surface area contributed by atoms with Crippen molar-refractivity contribution in [2.24, 2.45) is 0 Å². The number of nitrogens with zero attached hydrogens (tertiary/aromatic N) is 1. The Morgan fingerprint density at radius 3 is 2.70 bits per heavy atom. The Hall–Kier alpha value is -0.0900. The number of halogens is 1. The van der Waals surface area contributed by atoms with Gasteiger partial charge in [-0.1, -0.05) is 0 Å². The Balaban J connectivity index is 2.47. The first kappa shape index (κ1) is 8.01. The molecule has 0 unspecified atom stereocenters. The van der Waals surface area contributed by atoms with Gasteiger partial charge in [0.25, 0.3) is 0 Å². The van der Waals surface area contributed by atoms with Gasteiger partial charge in [-0.3, -0.25) is 4.79 Å². The van der Waals surface area contributed by atoms with Gasteiger partial charge in [0, 0.05) is 22.7 Å². The third-order valence-electron chi connectivity index (χ3n) is 1.72. The highest BCUT2D eigenvalue weighted by Crippen LogP contribution is 2.19. The lowest BCUT2D eigenvalue weighted by atomic mass is 10.1. The Bertz CT molecular complexity index is 140. The molecule has 1 rings (SSSR count). The molecule has 1 N–H and O–H groups in total. The van der Waals surface area contributed by atoms with E-state index < -0.39 is 5.97 Å². The van der Waals surface area contributed by atoms with Gasteiger partial charge in [-0.2, -0.15) is 0 Å². The summed E-state index contributed by atoms with van der Waals surface area (Å²) in [4.78, 5) is 10.5. The number of piperidine rings is 1. The summed E-state index contributed by atoms with van der Waals surface area (Å²) in [6.07, 6.45) is 2.88. The fourth-order valence-corrected chi connectivity index (χ4v) is 1.77. The molecule has 1 aliphatic rings. The molecular weight excluding hydrogens is 198 g/mol. The second-order valence-electron chi connectivity index (χ2n) is 2.47. The molecule has 0 spiro atoms. The van der Waals surface area contributed by atoms with Crippen LogP contribution in [0.15, 0.2) is 0 Å². The minimum atomic E-state index is -0.725. The van der Waals surface area contributed by atoms with Gasteiger partial charge in [-0.25, -0.2) is 3.93 Å². The van der Waals surface area contributed by atoms with Crippen molar-refractivity contribution in [3.05, 3.63) is 0 Å². The predicted octanol–water partition coefficient (Wildman–Crippen LogP) is 1.24. The van der Waals surface area contributed by atoms with E-state index in [1.807, 2.05) is 0 Å². The third kappa shape index (κ3) is 1.70. The van der Waals surface area contributed by atoms with Crippen molar-refractivity contribution in [2.45, 2.75) is 25.3 Å². The normalized spacial score (nSPS) is 28.3. The van der Waals surface area contributed by atoms with Crippen LogP contribution in [-0.2, 0) is 4.79 Å². The summed E-state index contributed by atoms with van der Waals surface area (Å²) in [5, 5.41) is 8.64. The zero-order valence-corrected chi connectivity index (χ0v) is 7.17. The largest absolute Gasteiger partial charge is 0.480 e. The van der Waals surface area contributed by atoms with E-state index in [4.69, 9.17) is 5.11 Å². The summed E-state index contributed by atoms with van der Waals surface area (Å²) in [6.45, 7) is 0.844. The van der Waals surface area contributed by atoms with E-state index >= 15 is 0 Å². The third-order valence-corrected chi connectivity index (χ3v) is 2.57. The van der Waals surface area contributed by atoms with Crippen LogP contribution in [0.1, 0.15) is 19.3 Å². The summed E-state index contributed by atoms with van der Waals surface area (Å²) in [5.41, 5.74) is 0. The van der Waals surface area contributed by atoms with Crippen molar-refractivity contribution >= 4 is 22.1 Å². The molecule has 1 saturated heterocycles. The molecule has 58 valence electrons. The monoisotopic (exact) mass is 207 g/mol. The Morgan fingerprint density at radius 1 is 1.60 bits per heavy atom. The minimum Gasteiger partial charge on any atom is -0.480 e.